The average molecular weight is 392 g/mol. The van der Waals surface area contributed by atoms with Crippen LogP contribution in [-0.2, 0) is 0 Å². The van der Waals surface area contributed by atoms with E-state index in [-0.39, 0.29) is 19.0 Å². The highest BCUT2D eigenvalue weighted by molar-refractivity contribution is 6.36. The highest BCUT2D eigenvalue weighted by Gasteiger charge is 2.05. The van der Waals surface area contributed by atoms with Crippen LogP contribution in [0.3, 0.4) is 0 Å². The van der Waals surface area contributed by atoms with Gasteiger partial charge in [0.25, 0.3) is 0 Å². The van der Waals surface area contributed by atoms with Crippen molar-refractivity contribution in [1.29, 1.82) is 0 Å². The van der Waals surface area contributed by atoms with E-state index < -0.39 is 6.10 Å². The number of aliphatic hydroxyl groups excluding tert-OH is 1. The highest BCUT2D eigenvalue weighted by Crippen LogP contribution is 2.24. The van der Waals surface area contributed by atoms with Crippen LogP contribution >= 0.6 is 35.6 Å². The standard InChI is InChI=1S/C17H20Cl2N2O2.ClH/c18-13-6-7-17(16(19)10-13)21-9-8-20-11-14(22)12-23-15-4-2-1-3-5-15;/h1-7,10,14,20-22H,8-9,11-12H2;1H. The van der Waals surface area contributed by atoms with Gasteiger partial charge in [-0.15, -0.1) is 12.4 Å². The van der Waals surface area contributed by atoms with E-state index in [1.165, 1.54) is 0 Å². The molecule has 0 radical (unpaired) electrons. The molecule has 0 amide bonds. The number of nitrogens with one attached hydrogen (secondary N) is 2. The van der Waals surface area contributed by atoms with Crippen molar-refractivity contribution in [1.82, 2.24) is 5.32 Å². The molecule has 0 heterocycles. The molecular formula is C17H21Cl3N2O2. The number of ether oxygens (including phenoxy) is 1. The van der Waals surface area contributed by atoms with Gasteiger partial charge in [0.1, 0.15) is 18.5 Å². The third-order valence-corrected chi connectivity index (χ3v) is 3.66. The summed E-state index contributed by atoms with van der Waals surface area (Å²) in [6.45, 7) is 2.10. The minimum absolute atomic E-state index is 0. The van der Waals surface area contributed by atoms with Crippen molar-refractivity contribution in [2.45, 2.75) is 6.10 Å². The summed E-state index contributed by atoms with van der Waals surface area (Å²) in [7, 11) is 0. The van der Waals surface area contributed by atoms with E-state index in [2.05, 4.69) is 10.6 Å². The maximum absolute atomic E-state index is 9.86. The Labute approximate surface area is 158 Å². The lowest BCUT2D eigenvalue weighted by Gasteiger charge is -2.14. The monoisotopic (exact) mass is 390 g/mol. The molecule has 0 fully saturated rings. The SMILES string of the molecule is Cl.OC(CNCCNc1ccc(Cl)cc1Cl)COc1ccccc1. The molecule has 0 spiro atoms. The van der Waals surface area contributed by atoms with E-state index in [1.807, 2.05) is 36.4 Å². The molecule has 2 rings (SSSR count). The molecule has 0 aliphatic heterocycles. The largest absolute Gasteiger partial charge is 0.491 e. The second-order valence-electron chi connectivity index (χ2n) is 5.03. The highest BCUT2D eigenvalue weighted by atomic mass is 35.5. The number of hydrogen-bond acceptors (Lipinski definition) is 4. The van der Waals surface area contributed by atoms with Gasteiger partial charge in [-0.1, -0.05) is 41.4 Å². The first-order chi connectivity index (χ1) is 11.1. The van der Waals surface area contributed by atoms with Crippen LogP contribution in [0.25, 0.3) is 0 Å². The lowest BCUT2D eigenvalue weighted by atomic mass is 10.3. The fourth-order valence-electron chi connectivity index (χ4n) is 1.96. The minimum atomic E-state index is -0.561. The van der Waals surface area contributed by atoms with E-state index in [1.54, 1.807) is 12.1 Å². The lowest BCUT2D eigenvalue weighted by Crippen LogP contribution is -2.34. The summed E-state index contributed by atoms with van der Waals surface area (Å²) in [6, 6.07) is 14.8. The van der Waals surface area contributed by atoms with Crippen LogP contribution in [0.5, 0.6) is 5.75 Å². The first-order valence-electron chi connectivity index (χ1n) is 7.40. The number of hydrogen-bond donors (Lipinski definition) is 3. The Balaban J connectivity index is 0.00000288. The Morgan fingerprint density at radius 1 is 1.04 bits per heavy atom. The predicted molar refractivity (Wildman–Crippen MR) is 103 cm³/mol. The number of aliphatic hydroxyl groups is 1. The van der Waals surface area contributed by atoms with Gasteiger partial charge in [-0.2, -0.15) is 0 Å². The third kappa shape index (κ3) is 7.60. The van der Waals surface area contributed by atoms with Crippen molar-refractivity contribution in [3.8, 4) is 5.75 Å². The Morgan fingerprint density at radius 3 is 2.50 bits per heavy atom. The van der Waals surface area contributed by atoms with Crippen LogP contribution in [0.1, 0.15) is 0 Å². The van der Waals surface area contributed by atoms with E-state index in [0.717, 1.165) is 11.4 Å². The van der Waals surface area contributed by atoms with Gasteiger partial charge >= 0.3 is 0 Å². The second kappa shape index (κ2) is 11.4. The normalized spacial score (nSPS) is 11.5. The van der Waals surface area contributed by atoms with Gasteiger partial charge < -0.3 is 20.5 Å². The fourth-order valence-corrected chi connectivity index (χ4v) is 2.43. The second-order valence-corrected chi connectivity index (χ2v) is 5.88. The summed E-state index contributed by atoms with van der Waals surface area (Å²) >= 11 is 11.9. The molecule has 7 heteroatoms. The van der Waals surface area contributed by atoms with Gasteiger partial charge in [-0.3, -0.25) is 0 Å². The van der Waals surface area contributed by atoms with Gasteiger partial charge in [0.15, 0.2) is 0 Å². The van der Waals surface area contributed by atoms with Crippen LogP contribution in [0, 0.1) is 0 Å². The van der Waals surface area contributed by atoms with Gasteiger partial charge in [0.2, 0.25) is 0 Å². The number of halogens is 3. The van der Waals surface area contributed by atoms with Crippen LogP contribution in [-0.4, -0.2) is 37.5 Å². The van der Waals surface area contributed by atoms with Gasteiger partial charge in [0, 0.05) is 24.7 Å². The molecule has 0 aliphatic rings. The summed E-state index contributed by atoms with van der Waals surface area (Å²) in [5, 5.41) is 17.4. The van der Waals surface area contributed by atoms with Gasteiger partial charge in [0.05, 0.1) is 10.7 Å². The molecule has 4 nitrogen and oxygen atoms in total. The van der Waals surface area contributed by atoms with E-state index in [0.29, 0.717) is 29.7 Å². The average Bonchev–Trinajstić information content (AvgIpc) is 2.55. The Bertz CT molecular complexity index is 600. The summed E-state index contributed by atoms with van der Waals surface area (Å²) in [5.41, 5.74) is 0.839. The summed E-state index contributed by atoms with van der Waals surface area (Å²) in [4.78, 5) is 0. The van der Waals surface area contributed by atoms with Crippen molar-refractivity contribution in [3.05, 3.63) is 58.6 Å². The first-order valence-corrected chi connectivity index (χ1v) is 8.16. The fraction of sp³-hybridized carbons (Fsp3) is 0.294. The molecule has 1 atom stereocenters. The number of benzene rings is 2. The molecular weight excluding hydrogens is 371 g/mol. The molecule has 0 aliphatic carbocycles. The molecule has 0 aromatic heterocycles. The van der Waals surface area contributed by atoms with Gasteiger partial charge in [-0.05, 0) is 30.3 Å². The molecule has 132 valence electrons. The van der Waals surface area contributed by atoms with Gasteiger partial charge in [-0.25, -0.2) is 0 Å². The molecule has 24 heavy (non-hydrogen) atoms. The van der Waals surface area contributed by atoms with Crippen molar-refractivity contribution in [3.63, 3.8) is 0 Å². The zero-order valence-electron chi connectivity index (χ0n) is 13.0. The third-order valence-electron chi connectivity index (χ3n) is 3.11. The molecule has 0 saturated heterocycles. The van der Waals surface area contributed by atoms with Crippen molar-refractivity contribution in [2.24, 2.45) is 0 Å². The first kappa shape index (κ1) is 20.9. The zero-order valence-corrected chi connectivity index (χ0v) is 15.4. The van der Waals surface area contributed by atoms with Crippen LogP contribution in [0.4, 0.5) is 5.69 Å². The van der Waals surface area contributed by atoms with E-state index in [4.69, 9.17) is 27.9 Å². The van der Waals surface area contributed by atoms with E-state index in [9.17, 15) is 5.11 Å². The summed E-state index contributed by atoms with van der Waals surface area (Å²) in [6.07, 6.45) is -0.561. The van der Waals surface area contributed by atoms with E-state index >= 15 is 0 Å². The van der Waals surface area contributed by atoms with Crippen molar-refractivity contribution >= 4 is 41.3 Å². The molecule has 2 aromatic rings. The Kier molecular flexibility index (Phi) is 9.91. The number of para-hydroxylation sites is 1. The molecule has 1 unspecified atom stereocenters. The zero-order chi connectivity index (χ0) is 16.5. The predicted octanol–water partition coefficient (Wildman–Crippen LogP) is 3.86. The maximum atomic E-state index is 9.86. The topological polar surface area (TPSA) is 53.5 Å². The van der Waals surface area contributed by atoms with Crippen molar-refractivity contribution < 1.29 is 9.84 Å². The quantitative estimate of drug-likeness (QED) is 0.568. The Morgan fingerprint density at radius 2 is 1.79 bits per heavy atom. The minimum Gasteiger partial charge on any atom is -0.491 e. The van der Waals surface area contributed by atoms with Crippen LogP contribution < -0.4 is 15.4 Å². The number of anilines is 1. The van der Waals surface area contributed by atoms with Crippen LogP contribution in [0.15, 0.2) is 48.5 Å². The summed E-state index contributed by atoms with van der Waals surface area (Å²) in [5.74, 6) is 0.755. The molecule has 0 bridgehead atoms. The molecule has 3 N–H and O–H groups in total. The van der Waals surface area contributed by atoms with Crippen LogP contribution in [0.2, 0.25) is 10.0 Å². The van der Waals surface area contributed by atoms with Crippen molar-refractivity contribution in [2.75, 3.05) is 31.6 Å². The molecule has 0 saturated carbocycles. The lowest BCUT2D eigenvalue weighted by molar-refractivity contribution is 0.107. The smallest absolute Gasteiger partial charge is 0.119 e. The maximum Gasteiger partial charge on any atom is 0.119 e. The summed E-state index contributed by atoms with van der Waals surface area (Å²) < 4.78 is 5.49. The molecule has 2 aromatic carbocycles. The number of rotatable bonds is 9. The Hall–Kier alpha value is -1.17.